The van der Waals surface area contributed by atoms with E-state index in [-0.39, 0.29) is 17.4 Å². The van der Waals surface area contributed by atoms with Crippen molar-refractivity contribution in [2.45, 2.75) is 6.92 Å². The number of thiazole rings is 1. The molecular formula is C17H23N5O3S. The Hall–Kier alpha value is -2.10. The quantitative estimate of drug-likeness (QED) is 0.849. The molecule has 0 bridgehead atoms. The highest BCUT2D eigenvalue weighted by Gasteiger charge is 2.26. The molecule has 3 heterocycles. The first-order chi connectivity index (χ1) is 12.4. The maximum atomic E-state index is 12.8. The first-order valence-corrected chi connectivity index (χ1v) is 9.35. The first kappa shape index (κ1) is 18.7. The van der Waals surface area contributed by atoms with E-state index in [0.717, 1.165) is 11.6 Å². The number of hydrogen-bond donors (Lipinski definition) is 1. The number of nitrogens with one attached hydrogen (secondary N) is 1. The minimum atomic E-state index is -0.444. The molecule has 1 aliphatic heterocycles. The van der Waals surface area contributed by atoms with Gasteiger partial charge in [-0.1, -0.05) is 0 Å². The highest BCUT2D eigenvalue weighted by atomic mass is 32.1. The lowest BCUT2D eigenvalue weighted by atomic mass is 10.1. The van der Waals surface area contributed by atoms with Crippen molar-refractivity contribution in [2.75, 3.05) is 46.9 Å². The van der Waals surface area contributed by atoms with Crippen LogP contribution in [0, 0.1) is 12.8 Å². The molecule has 1 aliphatic rings. The Labute approximate surface area is 155 Å². The van der Waals surface area contributed by atoms with Crippen LogP contribution in [0.5, 0.6) is 0 Å². The Morgan fingerprint density at radius 2 is 2.31 bits per heavy atom. The number of carbonyl (C=O) groups is 1. The van der Waals surface area contributed by atoms with Crippen LogP contribution in [0.3, 0.4) is 0 Å². The Kier molecular flexibility index (Phi) is 5.80. The number of ether oxygens (including phenoxy) is 1. The van der Waals surface area contributed by atoms with Gasteiger partial charge in [-0.3, -0.25) is 9.59 Å². The summed E-state index contributed by atoms with van der Waals surface area (Å²) in [5.41, 5.74) is 0.212. The zero-order valence-corrected chi connectivity index (χ0v) is 16.0. The molecule has 0 radical (unpaired) electrons. The van der Waals surface area contributed by atoms with Gasteiger partial charge in [-0.25, -0.2) is 9.97 Å². The second-order valence-corrected chi connectivity index (χ2v) is 7.74. The summed E-state index contributed by atoms with van der Waals surface area (Å²) >= 11 is 1.48. The van der Waals surface area contributed by atoms with Gasteiger partial charge in [-0.05, 0) is 21.0 Å². The number of rotatable bonds is 4. The molecule has 2 aromatic heterocycles. The number of carbonyl (C=O) groups excluding carboxylic acids is 1. The molecule has 1 N–H and O–H groups in total. The summed E-state index contributed by atoms with van der Waals surface area (Å²) in [4.78, 5) is 40.2. The molecule has 0 unspecified atom stereocenters. The van der Waals surface area contributed by atoms with E-state index in [9.17, 15) is 9.59 Å². The van der Waals surface area contributed by atoms with Gasteiger partial charge in [0, 0.05) is 37.1 Å². The van der Waals surface area contributed by atoms with Gasteiger partial charge in [0.05, 0.1) is 18.2 Å². The van der Waals surface area contributed by atoms with Crippen molar-refractivity contribution in [1.82, 2.24) is 24.8 Å². The van der Waals surface area contributed by atoms with Crippen LogP contribution in [0.25, 0.3) is 11.5 Å². The summed E-state index contributed by atoms with van der Waals surface area (Å²) in [6.07, 6.45) is 1.35. The zero-order valence-electron chi connectivity index (χ0n) is 15.2. The second-order valence-electron chi connectivity index (χ2n) is 6.68. The van der Waals surface area contributed by atoms with E-state index in [4.69, 9.17) is 4.74 Å². The lowest BCUT2D eigenvalue weighted by Crippen LogP contribution is -2.40. The van der Waals surface area contributed by atoms with E-state index in [1.807, 2.05) is 26.4 Å². The number of aromatic amines is 1. The highest BCUT2D eigenvalue weighted by molar-refractivity contribution is 7.09. The average Bonchev–Trinajstić information content (AvgIpc) is 2.89. The fourth-order valence-corrected chi connectivity index (χ4v) is 3.61. The topological polar surface area (TPSA) is 91.4 Å². The van der Waals surface area contributed by atoms with Gasteiger partial charge in [-0.15, -0.1) is 11.3 Å². The van der Waals surface area contributed by atoms with Gasteiger partial charge >= 0.3 is 0 Å². The summed E-state index contributed by atoms with van der Waals surface area (Å²) in [6.45, 7) is 4.81. The van der Waals surface area contributed by atoms with Crippen LogP contribution in [0.1, 0.15) is 15.4 Å². The molecule has 9 heteroatoms. The van der Waals surface area contributed by atoms with E-state index < -0.39 is 5.56 Å². The molecular weight excluding hydrogens is 354 g/mol. The van der Waals surface area contributed by atoms with E-state index >= 15 is 0 Å². The summed E-state index contributed by atoms with van der Waals surface area (Å²) < 4.78 is 5.60. The molecule has 0 spiro atoms. The Balaban J connectivity index is 1.79. The van der Waals surface area contributed by atoms with Gasteiger partial charge in [0.1, 0.15) is 11.3 Å². The number of aryl methyl sites for hydroxylation is 1. The molecule has 140 valence electrons. The van der Waals surface area contributed by atoms with Gasteiger partial charge < -0.3 is 19.5 Å². The fourth-order valence-electron chi connectivity index (χ4n) is 3.01. The van der Waals surface area contributed by atoms with Crippen molar-refractivity contribution in [3.05, 3.63) is 32.5 Å². The van der Waals surface area contributed by atoms with Crippen LogP contribution in [0.4, 0.5) is 0 Å². The van der Waals surface area contributed by atoms with Crippen LogP contribution in [0.15, 0.2) is 16.4 Å². The number of aromatic nitrogens is 3. The number of H-pyrrole nitrogens is 1. The molecule has 8 nitrogen and oxygen atoms in total. The molecule has 1 amide bonds. The van der Waals surface area contributed by atoms with Gasteiger partial charge in [0.25, 0.3) is 11.5 Å². The van der Waals surface area contributed by atoms with Crippen LogP contribution < -0.4 is 5.56 Å². The van der Waals surface area contributed by atoms with Gasteiger partial charge in [0.2, 0.25) is 0 Å². The Bertz CT molecular complexity index is 832. The molecule has 2 aromatic rings. The van der Waals surface area contributed by atoms with Crippen LogP contribution in [-0.2, 0) is 4.74 Å². The zero-order chi connectivity index (χ0) is 18.7. The van der Waals surface area contributed by atoms with E-state index in [1.165, 1.54) is 17.5 Å². The van der Waals surface area contributed by atoms with Crippen LogP contribution in [-0.4, -0.2) is 77.6 Å². The normalized spacial score (nSPS) is 18.2. The van der Waals surface area contributed by atoms with Gasteiger partial charge in [0.15, 0.2) is 5.82 Å². The molecule has 1 fully saturated rings. The molecule has 0 aromatic carbocycles. The monoisotopic (exact) mass is 377 g/mol. The Morgan fingerprint density at radius 1 is 1.50 bits per heavy atom. The molecule has 26 heavy (non-hydrogen) atoms. The largest absolute Gasteiger partial charge is 0.379 e. The number of hydrogen-bond acceptors (Lipinski definition) is 7. The van der Waals surface area contributed by atoms with E-state index in [2.05, 4.69) is 19.9 Å². The first-order valence-electron chi connectivity index (χ1n) is 8.47. The van der Waals surface area contributed by atoms with Crippen molar-refractivity contribution in [3.63, 3.8) is 0 Å². The third-order valence-electron chi connectivity index (χ3n) is 4.14. The summed E-state index contributed by atoms with van der Waals surface area (Å²) in [7, 11) is 3.98. The van der Waals surface area contributed by atoms with Crippen LogP contribution in [0.2, 0.25) is 0 Å². The molecule has 0 aliphatic carbocycles. The van der Waals surface area contributed by atoms with E-state index in [0.29, 0.717) is 37.8 Å². The van der Waals surface area contributed by atoms with E-state index in [1.54, 1.807) is 4.90 Å². The SMILES string of the molecule is Cc1nc(-c2ncc(C(=O)N3CCOC[C@H](CN(C)C)C3)c(=O)[nH]2)cs1. The summed E-state index contributed by atoms with van der Waals surface area (Å²) in [5.74, 6) is 0.273. The summed E-state index contributed by atoms with van der Waals surface area (Å²) in [5, 5.41) is 2.71. The van der Waals surface area contributed by atoms with Gasteiger partial charge in [-0.2, -0.15) is 0 Å². The Morgan fingerprint density at radius 3 is 2.96 bits per heavy atom. The van der Waals surface area contributed by atoms with Crippen molar-refractivity contribution in [3.8, 4) is 11.5 Å². The maximum Gasteiger partial charge on any atom is 0.264 e. The van der Waals surface area contributed by atoms with Crippen LogP contribution >= 0.6 is 11.3 Å². The second kappa shape index (κ2) is 8.07. The minimum absolute atomic E-state index is 0.0474. The third-order valence-corrected chi connectivity index (χ3v) is 4.91. The third kappa shape index (κ3) is 4.35. The standard InChI is InChI=1S/C17H23N5O3S/c1-11-19-14(10-26-11)15-18-6-13(16(23)20-15)17(24)22-4-5-25-9-12(8-22)7-21(2)3/h6,10,12H,4-5,7-9H2,1-3H3,(H,18,20,23)/t12-/m1/s1. The predicted molar refractivity (Wildman–Crippen MR) is 99.5 cm³/mol. The van der Waals surface area contributed by atoms with Crippen molar-refractivity contribution >= 4 is 17.2 Å². The lowest BCUT2D eigenvalue weighted by Gasteiger charge is -2.25. The molecule has 0 saturated carbocycles. The predicted octanol–water partition coefficient (Wildman–Crippen LogP) is 0.852. The summed E-state index contributed by atoms with van der Waals surface area (Å²) in [6, 6.07) is 0. The fraction of sp³-hybridized carbons (Fsp3) is 0.529. The number of nitrogens with zero attached hydrogens (tertiary/aromatic N) is 4. The molecule has 1 atom stereocenters. The van der Waals surface area contributed by atoms with Crippen molar-refractivity contribution < 1.29 is 9.53 Å². The molecule has 3 rings (SSSR count). The maximum absolute atomic E-state index is 12.8. The van der Waals surface area contributed by atoms with Crippen molar-refractivity contribution in [2.24, 2.45) is 5.92 Å². The lowest BCUT2D eigenvalue weighted by molar-refractivity contribution is 0.0732. The smallest absolute Gasteiger partial charge is 0.264 e. The minimum Gasteiger partial charge on any atom is -0.379 e. The highest BCUT2D eigenvalue weighted by Crippen LogP contribution is 2.17. The van der Waals surface area contributed by atoms with Crippen molar-refractivity contribution in [1.29, 1.82) is 0 Å². The average molecular weight is 377 g/mol. The molecule has 1 saturated heterocycles. The number of amides is 1.